The first-order valence-corrected chi connectivity index (χ1v) is 12.0. The molecular weight excluding hydrogens is 520 g/mol. The van der Waals surface area contributed by atoms with E-state index in [1.807, 2.05) is 36.6 Å². The number of furan rings is 1. The number of halogens is 1. The van der Waals surface area contributed by atoms with Gasteiger partial charge in [-0.1, -0.05) is 12.1 Å². The summed E-state index contributed by atoms with van der Waals surface area (Å²) in [6.45, 7) is 2.02. The highest BCUT2D eigenvalue weighted by atomic mass is 79.9. The Balaban J connectivity index is 1.57. The van der Waals surface area contributed by atoms with Crippen LogP contribution in [0.2, 0.25) is 0 Å². The van der Waals surface area contributed by atoms with Crippen LogP contribution in [0.25, 0.3) is 28.2 Å². The van der Waals surface area contributed by atoms with E-state index in [-0.39, 0.29) is 0 Å². The fourth-order valence-corrected chi connectivity index (χ4v) is 5.76. The first-order chi connectivity index (χ1) is 16.6. The van der Waals surface area contributed by atoms with Crippen LogP contribution < -0.4 is 10.4 Å². The fourth-order valence-electron chi connectivity index (χ4n) is 4.41. The Morgan fingerprint density at radius 3 is 2.76 bits per heavy atom. The van der Waals surface area contributed by atoms with Gasteiger partial charge in [0.25, 0.3) is 0 Å². The van der Waals surface area contributed by atoms with Gasteiger partial charge in [-0.3, -0.25) is 0 Å². The lowest BCUT2D eigenvalue weighted by molar-refractivity contribution is 0.423. The summed E-state index contributed by atoms with van der Waals surface area (Å²) < 4.78 is 19.8. The molecule has 10 heteroatoms. The zero-order valence-electron chi connectivity index (χ0n) is 17.5. The van der Waals surface area contributed by atoms with Crippen LogP contribution in [0.3, 0.4) is 0 Å². The van der Waals surface area contributed by atoms with Crippen molar-refractivity contribution in [1.29, 1.82) is 0 Å². The summed E-state index contributed by atoms with van der Waals surface area (Å²) in [5.74, 6) is 1.28. The predicted octanol–water partition coefficient (Wildman–Crippen LogP) is 5.91. The first-order valence-electron chi connectivity index (χ1n) is 10.4. The zero-order valence-corrected chi connectivity index (χ0v) is 19.9. The SMILES string of the molecule is Cc1ccsc1C1c2c(c3ccccc3oc2=O)Oc2ncn3nc(-c4ccc(Br)o4)nc3c21. The fraction of sp³-hybridized carbons (Fsp3) is 0.0833. The van der Waals surface area contributed by atoms with Gasteiger partial charge in [-0.15, -0.1) is 16.4 Å². The maximum absolute atomic E-state index is 13.3. The number of aryl methyl sites for hydroxylation is 1. The van der Waals surface area contributed by atoms with Crippen LogP contribution in [0.15, 0.2) is 72.5 Å². The summed E-state index contributed by atoms with van der Waals surface area (Å²) in [7, 11) is 0. The molecule has 1 unspecified atom stereocenters. The number of benzene rings is 1. The molecule has 6 aromatic rings. The van der Waals surface area contributed by atoms with Crippen molar-refractivity contribution >= 4 is 43.9 Å². The molecule has 0 spiro atoms. The Morgan fingerprint density at radius 1 is 1.09 bits per heavy atom. The molecule has 8 nitrogen and oxygen atoms in total. The number of thiophene rings is 1. The van der Waals surface area contributed by atoms with E-state index >= 15 is 0 Å². The van der Waals surface area contributed by atoms with E-state index in [9.17, 15) is 4.79 Å². The van der Waals surface area contributed by atoms with Crippen LogP contribution in [0.4, 0.5) is 0 Å². The maximum atomic E-state index is 13.3. The molecular formula is C24H13BrN4O4S. The molecule has 6 heterocycles. The molecule has 0 saturated heterocycles. The monoisotopic (exact) mass is 532 g/mol. The van der Waals surface area contributed by atoms with Crippen LogP contribution in [-0.4, -0.2) is 19.6 Å². The Kier molecular flexibility index (Phi) is 4.12. The highest BCUT2D eigenvalue weighted by Crippen LogP contribution is 2.50. The van der Waals surface area contributed by atoms with Gasteiger partial charge in [0.1, 0.15) is 11.9 Å². The summed E-state index contributed by atoms with van der Waals surface area (Å²) in [5, 5.41) is 7.27. The number of hydrogen-bond acceptors (Lipinski definition) is 8. The van der Waals surface area contributed by atoms with E-state index in [1.54, 1.807) is 40.4 Å². The standard InChI is InChI=1S/C24H13BrN4O4S/c1-11-8-9-34-20(11)16-17-19(12-4-2-3-5-13(12)32-24(17)30)33-23-18(16)22-27-21(28-29(22)10-26-23)14-6-7-15(25)31-14/h2-10,16H,1H3. The van der Waals surface area contributed by atoms with Gasteiger partial charge in [0.15, 0.2) is 21.8 Å². The number of rotatable bonds is 2. The second kappa shape index (κ2) is 7.12. The molecule has 7 rings (SSSR count). The van der Waals surface area contributed by atoms with Gasteiger partial charge in [-0.2, -0.15) is 0 Å². The molecule has 1 aliphatic rings. The second-order valence-electron chi connectivity index (χ2n) is 7.90. The minimum Gasteiger partial charge on any atom is -0.446 e. The van der Waals surface area contributed by atoms with Gasteiger partial charge in [0.05, 0.1) is 22.4 Å². The third-order valence-electron chi connectivity index (χ3n) is 5.92. The number of aromatic nitrogens is 4. The molecule has 1 aliphatic heterocycles. The average Bonchev–Trinajstić information content (AvgIpc) is 3.57. The van der Waals surface area contributed by atoms with Crippen LogP contribution >= 0.6 is 27.3 Å². The van der Waals surface area contributed by atoms with Gasteiger partial charge in [0.2, 0.25) is 11.7 Å². The summed E-state index contributed by atoms with van der Waals surface area (Å²) >= 11 is 4.88. The molecule has 34 heavy (non-hydrogen) atoms. The third-order valence-corrected chi connectivity index (χ3v) is 7.43. The van der Waals surface area contributed by atoms with Crippen molar-refractivity contribution in [2.24, 2.45) is 0 Å². The number of hydrogen-bond donors (Lipinski definition) is 0. The first kappa shape index (κ1) is 19.7. The Labute approximate surface area is 203 Å². The van der Waals surface area contributed by atoms with E-state index in [2.05, 4.69) is 26.0 Å². The van der Waals surface area contributed by atoms with Gasteiger partial charge < -0.3 is 13.6 Å². The lowest BCUT2D eigenvalue weighted by Crippen LogP contribution is -2.22. The predicted molar refractivity (Wildman–Crippen MR) is 129 cm³/mol. The quantitative estimate of drug-likeness (QED) is 0.255. The summed E-state index contributed by atoms with van der Waals surface area (Å²) in [6.07, 6.45) is 1.56. The summed E-state index contributed by atoms with van der Waals surface area (Å²) in [4.78, 5) is 23.6. The van der Waals surface area contributed by atoms with Crippen LogP contribution in [0.1, 0.15) is 27.5 Å². The Bertz CT molecular complexity index is 1820. The second-order valence-corrected chi connectivity index (χ2v) is 9.63. The minimum absolute atomic E-state index is 0.383. The van der Waals surface area contributed by atoms with Crippen molar-refractivity contribution in [2.45, 2.75) is 12.8 Å². The zero-order chi connectivity index (χ0) is 23.0. The van der Waals surface area contributed by atoms with Crippen molar-refractivity contribution in [2.75, 3.05) is 0 Å². The van der Waals surface area contributed by atoms with Gasteiger partial charge in [-0.05, 0) is 64.1 Å². The minimum atomic E-state index is -0.476. The summed E-state index contributed by atoms with van der Waals surface area (Å²) in [5.41, 5.74) is 2.69. The highest BCUT2D eigenvalue weighted by molar-refractivity contribution is 9.10. The van der Waals surface area contributed by atoms with Crippen LogP contribution in [0.5, 0.6) is 11.6 Å². The van der Waals surface area contributed by atoms with Gasteiger partial charge in [-0.25, -0.2) is 19.3 Å². The van der Waals surface area contributed by atoms with Crippen LogP contribution in [0, 0.1) is 6.92 Å². The van der Waals surface area contributed by atoms with Crippen molar-refractivity contribution in [3.63, 3.8) is 0 Å². The number of nitrogens with zero attached hydrogens (tertiary/aromatic N) is 4. The third kappa shape index (κ3) is 2.75. The van der Waals surface area contributed by atoms with Gasteiger partial charge in [0, 0.05) is 4.88 Å². The van der Waals surface area contributed by atoms with E-state index in [1.165, 1.54) is 0 Å². The van der Waals surface area contributed by atoms with Crippen molar-refractivity contribution in [1.82, 2.24) is 19.6 Å². The molecule has 1 aromatic carbocycles. The average molecular weight is 533 g/mol. The topological polar surface area (TPSA) is 95.7 Å². The molecule has 5 aromatic heterocycles. The van der Waals surface area contributed by atoms with Gasteiger partial charge >= 0.3 is 5.63 Å². The number of para-hydroxylation sites is 1. The molecule has 0 saturated carbocycles. The van der Waals surface area contributed by atoms with Crippen molar-refractivity contribution in [3.05, 3.63) is 90.8 Å². The molecule has 0 N–H and O–H groups in total. The Hall–Kier alpha value is -3.76. The molecule has 0 fully saturated rings. The highest BCUT2D eigenvalue weighted by Gasteiger charge is 2.38. The smallest absolute Gasteiger partial charge is 0.344 e. The molecule has 166 valence electrons. The molecule has 0 amide bonds. The normalized spacial score (nSPS) is 14.8. The van der Waals surface area contributed by atoms with E-state index in [4.69, 9.17) is 18.6 Å². The lowest BCUT2D eigenvalue weighted by atomic mass is 9.87. The summed E-state index contributed by atoms with van der Waals surface area (Å²) in [6, 6.07) is 12.9. The van der Waals surface area contributed by atoms with Crippen molar-refractivity contribution in [3.8, 4) is 23.2 Å². The molecule has 0 bridgehead atoms. The van der Waals surface area contributed by atoms with E-state index in [0.29, 0.717) is 55.6 Å². The van der Waals surface area contributed by atoms with E-state index < -0.39 is 11.5 Å². The Morgan fingerprint density at radius 2 is 1.97 bits per heavy atom. The number of ether oxygens (including phenoxy) is 1. The van der Waals surface area contributed by atoms with Crippen LogP contribution in [-0.2, 0) is 0 Å². The van der Waals surface area contributed by atoms with Crippen molar-refractivity contribution < 1.29 is 13.6 Å². The number of fused-ring (bicyclic) bond motifs is 6. The lowest BCUT2D eigenvalue weighted by Gasteiger charge is -2.26. The largest absolute Gasteiger partial charge is 0.446 e. The maximum Gasteiger partial charge on any atom is 0.344 e. The molecule has 1 atom stereocenters. The van der Waals surface area contributed by atoms with E-state index in [0.717, 1.165) is 10.4 Å². The molecule has 0 aliphatic carbocycles. The molecule has 0 radical (unpaired) electrons.